The molecule has 0 aliphatic rings. The number of hydrogen-bond donors (Lipinski definition) is 1. The van der Waals surface area contributed by atoms with E-state index in [1.165, 1.54) is 0 Å². The maximum absolute atomic E-state index is 12.3. The van der Waals surface area contributed by atoms with Gasteiger partial charge in [-0.2, -0.15) is 13.2 Å². The fraction of sp³-hybridized carbons (Fsp3) is 0.385. The van der Waals surface area contributed by atoms with Crippen molar-refractivity contribution in [1.29, 1.82) is 0 Å². The molecule has 1 rings (SSSR count). The summed E-state index contributed by atoms with van der Waals surface area (Å²) < 4.78 is 37.0. The number of halogens is 3. The quantitative estimate of drug-likeness (QED) is 0.916. The van der Waals surface area contributed by atoms with Crippen LogP contribution in [0.3, 0.4) is 0 Å². The van der Waals surface area contributed by atoms with Crippen molar-refractivity contribution in [3.63, 3.8) is 0 Å². The minimum atomic E-state index is -4.43. The van der Waals surface area contributed by atoms with E-state index in [9.17, 15) is 22.8 Å². The van der Waals surface area contributed by atoms with E-state index < -0.39 is 17.6 Å². The highest BCUT2D eigenvalue weighted by Gasteiger charge is 2.30. The summed E-state index contributed by atoms with van der Waals surface area (Å²) in [6, 6.07) is 3.83. The third kappa shape index (κ3) is 4.39. The summed E-state index contributed by atoms with van der Waals surface area (Å²) in [4.78, 5) is 22.9. The number of nitrogens with one attached hydrogen (secondary N) is 1. The summed E-state index contributed by atoms with van der Waals surface area (Å²) in [5.41, 5.74) is -0.730. The molecule has 0 saturated heterocycles. The van der Waals surface area contributed by atoms with Crippen LogP contribution in [-0.2, 0) is 11.0 Å². The molecular formula is C13H14F3NO2. The van der Waals surface area contributed by atoms with E-state index in [-0.39, 0.29) is 23.8 Å². The predicted octanol–water partition coefficient (Wildman–Crippen LogP) is 2.66. The number of rotatable bonds is 4. The average molecular weight is 273 g/mol. The van der Waals surface area contributed by atoms with E-state index in [4.69, 9.17) is 0 Å². The van der Waals surface area contributed by atoms with Gasteiger partial charge < -0.3 is 5.32 Å². The Morgan fingerprint density at radius 1 is 1.16 bits per heavy atom. The van der Waals surface area contributed by atoms with Crippen molar-refractivity contribution in [2.75, 3.05) is 6.54 Å². The standard InChI is InChI=1S/C13H14F3NO2/c1-8(2)11(18)7-17-12(19)9-3-5-10(6-4-9)13(14,15)16/h3-6,8H,7H2,1-2H3,(H,17,19). The van der Waals surface area contributed by atoms with E-state index in [2.05, 4.69) is 5.32 Å². The van der Waals surface area contributed by atoms with E-state index in [0.29, 0.717) is 0 Å². The van der Waals surface area contributed by atoms with Crippen LogP contribution in [0.2, 0.25) is 0 Å². The first-order chi connectivity index (χ1) is 8.71. The van der Waals surface area contributed by atoms with Gasteiger partial charge in [-0.1, -0.05) is 13.8 Å². The number of amides is 1. The largest absolute Gasteiger partial charge is 0.416 e. The molecule has 0 aliphatic carbocycles. The molecule has 0 aliphatic heterocycles. The summed E-state index contributed by atoms with van der Waals surface area (Å²) in [5, 5.41) is 2.37. The molecule has 0 fully saturated rings. The molecule has 3 nitrogen and oxygen atoms in total. The van der Waals surface area contributed by atoms with E-state index in [1.807, 2.05) is 0 Å². The van der Waals surface area contributed by atoms with Crippen LogP contribution in [0, 0.1) is 5.92 Å². The van der Waals surface area contributed by atoms with E-state index in [1.54, 1.807) is 13.8 Å². The van der Waals surface area contributed by atoms with E-state index >= 15 is 0 Å². The highest BCUT2D eigenvalue weighted by molar-refractivity contribution is 5.97. The molecule has 0 radical (unpaired) electrons. The highest BCUT2D eigenvalue weighted by Crippen LogP contribution is 2.28. The Labute approximate surface area is 108 Å². The third-order valence-corrected chi connectivity index (χ3v) is 2.54. The van der Waals surface area contributed by atoms with Crippen molar-refractivity contribution in [3.05, 3.63) is 35.4 Å². The first kappa shape index (κ1) is 15.2. The first-order valence-corrected chi connectivity index (χ1v) is 5.70. The molecule has 0 bridgehead atoms. The zero-order valence-corrected chi connectivity index (χ0v) is 10.5. The molecule has 1 aromatic rings. The van der Waals surface area contributed by atoms with Gasteiger partial charge in [-0.25, -0.2) is 0 Å². The highest BCUT2D eigenvalue weighted by atomic mass is 19.4. The fourth-order valence-corrected chi connectivity index (χ4v) is 1.28. The van der Waals surface area contributed by atoms with Crippen molar-refractivity contribution in [2.45, 2.75) is 20.0 Å². The van der Waals surface area contributed by atoms with Crippen LogP contribution in [0.5, 0.6) is 0 Å². The fourth-order valence-electron chi connectivity index (χ4n) is 1.28. The number of hydrogen-bond acceptors (Lipinski definition) is 2. The average Bonchev–Trinajstić information content (AvgIpc) is 2.34. The van der Waals surface area contributed by atoms with Crippen LogP contribution in [0.15, 0.2) is 24.3 Å². The summed E-state index contributed by atoms with van der Waals surface area (Å²) in [5.74, 6) is -0.907. The van der Waals surface area contributed by atoms with Crippen LogP contribution < -0.4 is 5.32 Å². The predicted molar refractivity (Wildman–Crippen MR) is 63.6 cm³/mol. The second-order valence-corrected chi connectivity index (χ2v) is 4.38. The Bertz CT molecular complexity index is 464. The molecule has 1 amide bonds. The van der Waals surface area contributed by atoms with Gasteiger partial charge in [0.1, 0.15) is 0 Å². The van der Waals surface area contributed by atoms with Gasteiger partial charge in [-0.15, -0.1) is 0 Å². The molecule has 19 heavy (non-hydrogen) atoms. The molecule has 0 atom stereocenters. The lowest BCUT2D eigenvalue weighted by Gasteiger charge is -2.09. The molecule has 6 heteroatoms. The molecule has 0 spiro atoms. The molecular weight excluding hydrogens is 259 g/mol. The minimum absolute atomic E-state index is 0.0876. The van der Waals surface area contributed by atoms with Crippen LogP contribution in [0.4, 0.5) is 13.2 Å². The normalized spacial score (nSPS) is 11.5. The molecule has 104 valence electrons. The zero-order chi connectivity index (χ0) is 14.6. The van der Waals surface area contributed by atoms with Gasteiger partial charge in [-0.05, 0) is 24.3 Å². The van der Waals surface area contributed by atoms with Crippen LogP contribution in [0.1, 0.15) is 29.8 Å². The number of carbonyl (C=O) groups excluding carboxylic acids is 2. The van der Waals surface area contributed by atoms with Crippen molar-refractivity contribution < 1.29 is 22.8 Å². The number of carbonyl (C=O) groups is 2. The van der Waals surface area contributed by atoms with Gasteiger partial charge in [0.15, 0.2) is 5.78 Å². The topological polar surface area (TPSA) is 46.2 Å². The second-order valence-electron chi connectivity index (χ2n) is 4.38. The number of ketones is 1. The van der Waals surface area contributed by atoms with Gasteiger partial charge in [0.25, 0.3) is 5.91 Å². The minimum Gasteiger partial charge on any atom is -0.345 e. The molecule has 0 saturated carbocycles. The second kappa shape index (κ2) is 5.86. The molecule has 0 heterocycles. The SMILES string of the molecule is CC(C)C(=O)CNC(=O)c1ccc(C(F)(F)F)cc1. The van der Waals surface area contributed by atoms with Gasteiger partial charge >= 0.3 is 6.18 Å². The Morgan fingerprint density at radius 3 is 2.11 bits per heavy atom. The van der Waals surface area contributed by atoms with Crippen molar-refractivity contribution in [3.8, 4) is 0 Å². The third-order valence-electron chi connectivity index (χ3n) is 2.54. The van der Waals surface area contributed by atoms with Gasteiger partial charge in [0.2, 0.25) is 0 Å². The van der Waals surface area contributed by atoms with Crippen LogP contribution in [0.25, 0.3) is 0 Å². The molecule has 1 N–H and O–H groups in total. The number of benzene rings is 1. The Hall–Kier alpha value is -1.85. The Morgan fingerprint density at radius 2 is 1.68 bits per heavy atom. The van der Waals surface area contributed by atoms with Crippen LogP contribution in [-0.4, -0.2) is 18.2 Å². The molecule has 1 aromatic carbocycles. The number of alkyl halides is 3. The lowest BCUT2D eigenvalue weighted by molar-refractivity contribution is -0.137. The van der Waals surface area contributed by atoms with E-state index in [0.717, 1.165) is 24.3 Å². The molecule has 0 unspecified atom stereocenters. The smallest absolute Gasteiger partial charge is 0.345 e. The van der Waals surface area contributed by atoms with Gasteiger partial charge in [0, 0.05) is 11.5 Å². The molecule has 0 aromatic heterocycles. The maximum atomic E-state index is 12.3. The number of Topliss-reactive ketones (excluding diaryl/α,β-unsaturated/α-hetero) is 1. The van der Waals surface area contributed by atoms with Gasteiger partial charge in [0.05, 0.1) is 12.1 Å². The summed E-state index contributed by atoms with van der Waals surface area (Å²) in [6.07, 6.45) is -4.43. The lowest BCUT2D eigenvalue weighted by Crippen LogP contribution is -2.31. The summed E-state index contributed by atoms with van der Waals surface area (Å²) >= 11 is 0. The van der Waals surface area contributed by atoms with Crippen molar-refractivity contribution in [1.82, 2.24) is 5.32 Å². The Balaban J connectivity index is 2.66. The lowest BCUT2D eigenvalue weighted by atomic mass is 10.1. The zero-order valence-electron chi connectivity index (χ0n) is 10.5. The summed E-state index contributed by atoms with van der Waals surface area (Å²) in [6.45, 7) is 3.27. The van der Waals surface area contributed by atoms with Crippen molar-refractivity contribution in [2.24, 2.45) is 5.92 Å². The first-order valence-electron chi connectivity index (χ1n) is 5.70. The summed E-state index contributed by atoms with van der Waals surface area (Å²) in [7, 11) is 0. The maximum Gasteiger partial charge on any atom is 0.416 e. The monoisotopic (exact) mass is 273 g/mol. The van der Waals surface area contributed by atoms with Crippen LogP contribution >= 0.6 is 0 Å². The van der Waals surface area contributed by atoms with Crippen molar-refractivity contribution >= 4 is 11.7 Å². The Kier molecular flexibility index (Phi) is 4.69. The van der Waals surface area contributed by atoms with Gasteiger partial charge in [-0.3, -0.25) is 9.59 Å².